The fraction of sp³-hybridized carbons (Fsp3) is 0.200. The van der Waals surface area contributed by atoms with E-state index >= 15 is 0 Å². The van der Waals surface area contributed by atoms with Crippen molar-refractivity contribution in [2.24, 2.45) is 0 Å². The molecule has 0 saturated heterocycles. The van der Waals surface area contributed by atoms with Crippen molar-refractivity contribution in [2.45, 2.75) is 0 Å². The van der Waals surface area contributed by atoms with Gasteiger partial charge in [0.1, 0.15) is 5.69 Å². The van der Waals surface area contributed by atoms with E-state index in [0.29, 0.717) is 22.3 Å². The molecule has 0 amide bonds. The molecule has 2 aromatic rings. The molecular weight excluding hydrogens is 244 g/mol. The summed E-state index contributed by atoms with van der Waals surface area (Å²) in [5, 5.41) is 8.00. The lowest BCUT2D eigenvalue weighted by molar-refractivity contribution is 0.353. The summed E-state index contributed by atoms with van der Waals surface area (Å²) in [6.07, 6.45) is 1.56. The number of hydrogen-bond donors (Lipinski definition) is 0. The van der Waals surface area contributed by atoms with Crippen LogP contribution in [0.15, 0.2) is 18.3 Å². The average Bonchev–Trinajstić information content (AvgIpc) is 2.39. The van der Waals surface area contributed by atoms with Crippen molar-refractivity contribution in [2.75, 3.05) is 14.2 Å². The molecule has 0 atom stereocenters. The first-order chi connectivity index (χ1) is 8.24. The first-order valence-electron chi connectivity index (χ1n) is 4.69. The summed E-state index contributed by atoms with van der Waals surface area (Å²) in [7, 11) is 2.99. The van der Waals surface area contributed by atoms with Crippen molar-refractivity contribution in [3.05, 3.63) is 23.5 Å². The van der Waals surface area contributed by atoms with E-state index < -0.39 is 0 Å². The van der Waals surface area contributed by atoms with Crippen LogP contribution in [0.2, 0.25) is 5.15 Å². The molecule has 0 radical (unpaired) electrons. The maximum Gasteiger partial charge on any atom is 0.319 e. The van der Waals surface area contributed by atoms with E-state index in [2.05, 4.69) is 20.2 Å². The van der Waals surface area contributed by atoms with Gasteiger partial charge in [-0.1, -0.05) is 11.6 Å². The van der Waals surface area contributed by atoms with Gasteiger partial charge in [-0.3, -0.25) is 0 Å². The van der Waals surface area contributed by atoms with Crippen LogP contribution < -0.4 is 9.47 Å². The van der Waals surface area contributed by atoms with Crippen LogP contribution in [0.3, 0.4) is 0 Å². The highest BCUT2D eigenvalue weighted by atomic mass is 35.5. The Labute approximate surface area is 103 Å². The number of aromatic nitrogens is 4. The molecule has 88 valence electrons. The van der Waals surface area contributed by atoms with E-state index in [1.165, 1.54) is 14.2 Å². The molecule has 2 heterocycles. The molecule has 0 bridgehead atoms. The Morgan fingerprint density at radius 3 is 2.53 bits per heavy atom. The van der Waals surface area contributed by atoms with Gasteiger partial charge in [0, 0.05) is 6.20 Å². The van der Waals surface area contributed by atoms with Crippen LogP contribution in [0.1, 0.15) is 0 Å². The van der Waals surface area contributed by atoms with Gasteiger partial charge in [0.25, 0.3) is 0 Å². The lowest BCUT2D eigenvalue weighted by Crippen LogP contribution is -1.98. The van der Waals surface area contributed by atoms with Crippen molar-refractivity contribution in [3.8, 4) is 23.1 Å². The molecule has 0 spiro atoms. The second-order valence-electron chi connectivity index (χ2n) is 3.02. The smallest absolute Gasteiger partial charge is 0.319 e. The molecule has 2 rings (SSSR count). The molecule has 0 aliphatic carbocycles. The van der Waals surface area contributed by atoms with Gasteiger partial charge in [-0.05, 0) is 12.1 Å². The molecule has 0 unspecified atom stereocenters. The van der Waals surface area contributed by atoms with Gasteiger partial charge < -0.3 is 9.47 Å². The lowest BCUT2D eigenvalue weighted by Gasteiger charge is -2.06. The van der Waals surface area contributed by atoms with Crippen molar-refractivity contribution >= 4 is 11.6 Å². The quantitative estimate of drug-likeness (QED) is 0.826. The number of methoxy groups -OCH3 is 2. The van der Waals surface area contributed by atoms with Crippen molar-refractivity contribution in [3.63, 3.8) is 0 Å². The zero-order valence-corrected chi connectivity index (χ0v) is 9.97. The Hall–Kier alpha value is -1.95. The number of halogens is 1. The summed E-state index contributed by atoms with van der Waals surface area (Å²) in [5.74, 6) is 0.369. The number of ether oxygens (including phenoxy) is 2. The van der Waals surface area contributed by atoms with Crippen LogP contribution in [0, 0.1) is 0 Å². The summed E-state index contributed by atoms with van der Waals surface area (Å²) < 4.78 is 10.0. The standard InChI is InChI=1S/C10H9ClN4O2/c1-16-9-6(5-12-10(13-9)17-2)7-3-4-8(11)15-14-7/h3-5H,1-2H3. The van der Waals surface area contributed by atoms with Gasteiger partial charge in [0.15, 0.2) is 5.15 Å². The molecule has 17 heavy (non-hydrogen) atoms. The predicted molar refractivity (Wildman–Crippen MR) is 61.2 cm³/mol. The number of nitrogens with zero attached hydrogens (tertiary/aromatic N) is 4. The molecule has 0 fully saturated rings. The van der Waals surface area contributed by atoms with Crippen LogP contribution in [0.4, 0.5) is 0 Å². The molecule has 2 aromatic heterocycles. The maximum atomic E-state index is 5.66. The Kier molecular flexibility index (Phi) is 3.34. The van der Waals surface area contributed by atoms with Crippen LogP contribution in [0.5, 0.6) is 11.9 Å². The zero-order valence-electron chi connectivity index (χ0n) is 9.22. The van der Waals surface area contributed by atoms with Gasteiger partial charge >= 0.3 is 6.01 Å². The molecule has 7 heteroatoms. The van der Waals surface area contributed by atoms with E-state index in [1.54, 1.807) is 18.3 Å². The Balaban J connectivity index is 2.47. The monoisotopic (exact) mass is 252 g/mol. The Bertz CT molecular complexity index is 518. The predicted octanol–water partition coefficient (Wildman–Crippen LogP) is 1.60. The second kappa shape index (κ2) is 4.92. The fourth-order valence-electron chi connectivity index (χ4n) is 1.24. The molecule has 0 N–H and O–H groups in total. The van der Waals surface area contributed by atoms with E-state index in [1.807, 2.05) is 0 Å². The lowest BCUT2D eigenvalue weighted by atomic mass is 10.2. The summed E-state index contributed by atoms with van der Waals surface area (Å²) in [5.41, 5.74) is 1.20. The largest absolute Gasteiger partial charge is 0.480 e. The third-order valence-corrected chi connectivity index (χ3v) is 2.22. The highest BCUT2D eigenvalue weighted by molar-refractivity contribution is 6.29. The van der Waals surface area contributed by atoms with Crippen LogP contribution >= 0.6 is 11.6 Å². The van der Waals surface area contributed by atoms with Gasteiger partial charge in [0.05, 0.1) is 19.8 Å². The minimum Gasteiger partial charge on any atom is -0.480 e. The molecule has 6 nitrogen and oxygen atoms in total. The Morgan fingerprint density at radius 1 is 1.12 bits per heavy atom. The first kappa shape index (κ1) is 11.5. The van der Waals surface area contributed by atoms with Crippen LogP contribution in [-0.2, 0) is 0 Å². The van der Waals surface area contributed by atoms with Gasteiger partial charge in [-0.25, -0.2) is 4.98 Å². The minimum absolute atomic E-state index is 0.229. The van der Waals surface area contributed by atoms with Gasteiger partial charge in [-0.2, -0.15) is 4.98 Å². The minimum atomic E-state index is 0.229. The summed E-state index contributed by atoms with van der Waals surface area (Å²) in [6.45, 7) is 0. The average molecular weight is 253 g/mol. The van der Waals surface area contributed by atoms with Gasteiger partial charge in [0.2, 0.25) is 5.88 Å². The number of hydrogen-bond acceptors (Lipinski definition) is 6. The SMILES string of the molecule is COc1ncc(-c2ccc(Cl)nn2)c(OC)n1. The first-order valence-corrected chi connectivity index (χ1v) is 5.07. The van der Waals surface area contributed by atoms with E-state index in [0.717, 1.165) is 0 Å². The van der Waals surface area contributed by atoms with Crippen molar-refractivity contribution < 1.29 is 9.47 Å². The molecule has 0 aromatic carbocycles. The summed E-state index contributed by atoms with van der Waals surface area (Å²) >= 11 is 5.66. The fourth-order valence-corrected chi connectivity index (χ4v) is 1.34. The van der Waals surface area contributed by atoms with Crippen molar-refractivity contribution in [1.29, 1.82) is 0 Å². The van der Waals surface area contributed by atoms with Crippen LogP contribution in [0.25, 0.3) is 11.3 Å². The molecule has 0 aliphatic rings. The summed E-state index contributed by atoms with van der Waals surface area (Å²) in [6, 6.07) is 3.57. The topological polar surface area (TPSA) is 70.0 Å². The van der Waals surface area contributed by atoms with E-state index in [9.17, 15) is 0 Å². The third-order valence-electron chi connectivity index (χ3n) is 2.02. The highest BCUT2D eigenvalue weighted by Crippen LogP contribution is 2.26. The summed E-state index contributed by atoms with van der Waals surface area (Å²) in [4.78, 5) is 8.04. The van der Waals surface area contributed by atoms with E-state index in [4.69, 9.17) is 21.1 Å². The Morgan fingerprint density at radius 2 is 1.94 bits per heavy atom. The highest BCUT2D eigenvalue weighted by Gasteiger charge is 2.11. The molecule has 0 aliphatic heterocycles. The number of rotatable bonds is 3. The third kappa shape index (κ3) is 2.42. The van der Waals surface area contributed by atoms with Gasteiger partial charge in [-0.15, -0.1) is 10.2 Å². The van der Waals surface area contributed by atoms with Crippen molar-refractivity contribution in [1.82, 2.24) is 20.2 Å². The second-order valence-corrected chi connectivity index (χ2v) is 3.41. The molecule has 0 saturated carbocycles. The van der Waals surface area contributed by atoms with Crippen LogP contribution in [-0.4, -0.2) is 34.4 Å². The zero-order chi connectivity index (χ0) is 12.3. The maximum absolute atomic E-state index is 5.66. The normalized spacial score (nSPS) is 10.1. The van der Waals surface area contributed by atoms with E-state index in [-0.39, 0.29) is 6.01 Å². The molecular formula is C10H9ClN4O2.